The lowest BCUT2D eigenvalue weighted by molar-refractivity contribution is 1.08. The first kappa shape index (κ1) is 19.7. The van der Waals surface area contributed by atoms with Crippen LogP contribution in [0.2, 0.25) is 0 Å². The van der Waals surface area contributed by atoms with Gasteiger partial charge in [0.2, 0.25) is 0 Å². The molecule has 2 aromatic heterocycles. The Hall–Kier alpha value is -4.69. The van der Waals surface area contributed by atoms with Crippen molar-refractivity contribution in [2.75, 3.05) is 0 Å². The average Bonchev–Trinajstić information content (AvgIpc) is 3.26. The third-order valence-corrected chi connectivity index (χ3v) is 6.79. The fourth-order valence-corrected chi connectivity index (χ4v) is 5.17. The summed E-state index contributed by atoms with van der Waals surface area (Å²) in [4.78, 5) is 5.11. The summed E-state index contributed by atoms with van der Waals surface area (Å²) >= 11 is 0. The first-order valence-electron chi connectivity index (χ1n) is 11.9. The van der Waals surface area contributed by atoms with Crippen molar-refractivity contribution in [2.24, 2.45) is 0 Å². The van der Waals surface area contributed by atoms with Crippen molar-refractivity contribution in [2.45, 2.75) is 0 Å². The minimum absolute atomic E-state index is 0.925. The Balaban J connectivity index is 1.55. The molecule has 0 N–H and O–H groups in total. The molecule has 0 radical (unpaired) electrons. The van der Waals surface area contributed by atoms with Crippen LogP contribution >= 0.6 is 0 Å². The Kier molecular flexibility index (Phi) is 4.49. The molecular formula is C33H22N2. The summed E-state index contributed by atoms with van der Waals surface area (Å²) in [6, 6.07) is 47.1. The fraction of sp³-hybridized carbons (Fsp3) is 0. The Morgan fingerprint density at radius 1 is 0.457 bits per heavy atom. The van der Waals surface area contributed by atoms with Crippen LogP contribution in [0.4, 0.5) is 0 Å². The first-order valence-corrected chi connectivity index (χ1v) is 11.9. The molecule has 0 spiro atoms. The molecule has 164 valence electrons. The summed E-state index contributed by atoms with van der Waals surface area (Å²) in [6.45, 7) is 0. The van der Waals surface area contributed by atoms with Gasteiger partial charge < -0.3 is 0 Å². The molecule has 0 fully saturated rings. The lowest BCUT2D eigenvalue weighted by Crippen LogP contribution is -1.98. The van der Waals surface area contributed by atoms with Gasteiger partial charge in [-0.25, -0.2) is 4.98 Å². The molecular weight excluding hydrogens is 424 g/mol. The molecule has 0 atom stereocenters. The molecule has 7 aromatic rings. The SMILES string of the molecule is c1ccc(-c2cccc(-n3c4ccccc4c4cc5cccc(-c6ccccc6)c5cc43)n2)cc1. The van der Waals surface area contributed by atoms with E-state index in [1.807, 2.05) is 6.07 Å². The molecule has 0 aliphatic heterocycles. The smallest absolute Gasteiger partial charge is 0.138 e. The summed E-state index contributed by atoms with van der Waals surface area (Å²) in [5.41, 5.74) is 6.89. The van der Waals surface area contributed by atoms with Gasteiger partial charge in [0.15, 0.2) is 0 Å². The van der Waals surface area contributed by atoms with Crippen molar-refractivity contribution in [3.05, 3.63) is 133 Å². The summed E-state index contributed by atoms with van der Waals surface area (Å²) in [5, 5.41) is 4.97. The van der Waals surface area contributed by atoms with Crippen molar-refractivity contribution in [1.82, 2.24) is 9.55 Å². The predicted octanol–water partition coefficient (Wildman–Crippen LogP) is 8.67. The van der Waals surface area contributed by atoms with Gasteiger partial charge in [-0.3, -0.25) is 4.57 Å². The maximum absolute atomic E-state index is 5.11. The topological polar surface area (TPSA) is 17.8 Å². The second-order valence-electron chi connectivity index (χ2n) is 8.86. The van der Waals surface area contributed by atoms with E-state index in [9.17, 15) is 0 Å². The van der Waals surface area contributed by atoms with Crippen molar-refractivity contribution in [1.29, 1.82) is 0 Å². The van der Waals surface area contributed by atoms with Crippen molar-refractivity contribution in [3.8, 4) is 28.2 Å². The van der Waals surface area contributed by atoms with Gasteiger partial charge in [-0.15, -0.1) is 0 Å². The molecule has 0 saturated carbocycles. The number of nitrogens with zero attached hydrogens (tertiary/aromatic N) is 2. The number of fused-ring (bicyclic) bond motifs is 4. The quantitative estimate of drug-likeness (QED) is 0.265. The van der Waals surface area contributed by atoms with Gasteiger partial charge in [0.25, 0.3) is 0 Å². The van der Waals surface area contributed by atoms with Crippen LogP contribution < -0.4 is 0 Å². The van der Waals surface area contributed by atoms with Crippen molar-refractivity contribution >= 4 is 32.6 Å². The fourth-order valence-electron chi connectivity index (χ4n) is 5.17. The maximum atomic E-state index is 5.11. The highest BCUT2D eigenvalue weighted by atomic mass is 15.1. The zero-order valence-corrected chi connectivity index (χ0v) is 19.1. The third-order valence-electron chi connectivity index (χ3n) is 6.79. The van der Waals surface area contributed by atoms with Crippen LogP contribution in [0.1, 0.15) is 0 Å². The molecule has 0 bridgehead atoms. The minimum atomic E-state index is 0.925. The van der Waals surface area contributed by atoms with Crippen molar-refractivity contribution in [3.63, 3.8) is 0 Å². The number of para-hydroxylation sites is 1. The van der Waals surface area contributed by atoms with E-state index in [0.29, 0.717) is 0 Å². The molecule has 2 nitrogen and oxygen atoms in total. The van der Waals surface area contributed by atoms with Gasteiger partial charge in [0.05, 0.1) is 16.7 Å². The lowest BCUT2D eigenvalue weighted by Gasteiger charge is -2.11. The van der Waals surface area contributed by atoms with Crippen molar-refractivity contribution < 1.29 is 0 Å². The van der Waals surface area contributed by atoms with Crippen LogP contribution in [-0.4, -0.2) is 9.55 Å². The molecule has 35 heavy (non-hydrogen) atoms. The second-order valence-corrected chi connectivity index (χ2v) is 8.86. The van der Waals surface area contributed by atoms with E-state index in [1.165, 1.54) is 38.2 Å². The minimum Gasteiger partial charge on any atom is -0.294 e. The van der Waals surface area contributed by atoms with E-state index in [0.717, 1.165) is 22.6 Å². The molecule has 5 aromatic carbocycles. The summed E-state index contributed by atoms with van der Waals surface area (Å²) in [6.07, 6.45) is 0. The zero-order valence-electron chi connectivity index (χ0n) is 19.1. The van der Waals surface area contributed by atoms with Crippen LogP contribution in [0.3, 0.4) is 0 Å². The summed E-state index contributed by atoms with van der Waals surface area (Å²) in [5.74, 6) is 0.925. The molecule has 0 aliphatic carbocycles. The summed E-state index contributed by atoms with van der Waals surface area (Å²) in [7, 11) is 0. The largest absolute Gasteiger partial charge is 0.294 e. The van der Waals surface area contributed by atoms with Gasteiger partial charge in [-0.05, 0) is 52.2 Å². The number of aromatic nitrogens is 2. The van der Waals surface area contributed by atoms with E-state index in [1.54, 1.807) is 0 Å². The van der Waals surface area contributed by atoms with E-state index < -0.39 is 0 Å². The van der Waals surface area contributed by atoms with Crippen LogP contribution in [0.25, 0.3) is 60.8 Å². The Morgan fingerprint density at radius 2 is 1.17 bits per heavy atom. The molecule has 7 rings (SSSR count). The van der Waals surface area contributed by atoms with Gasteiger partial charge >= 0.3 is 0 Å². The predicted molar refractivity (Wildman–Crippen MR) is 147 cm³/mol. The normalized spacial score (nSPS) is 11.4. The number of pyridine rings is 1. The van der Waals surface area contributed by atoms with Gasteiger partial charge in [-0.1, -0.05) is 103 Å². The monoisotopic (exact) mass is 446 g/mol. The van der Waals surface area contributed by atoms with Crippen LogP contribution in [-0.2, 0) is 0 Å². The maximum Gasteiger partial charge on any atom is 0.138 e. The zero-order chi connectivity index (χ0) is 23.2. The van der Waals surface area contributed by atoms with E-state index in [2.05, 4.69) is 132 Å². The Morgan fingerprint density at radius 3 is 2.00 bits per heavy atom. The number of rotatable bonds is 3. The second kappa shape index (κ2) is 7.96. The number of hydrogen-bond acceptors (Lipinski definition) is 1. The Bertz CT molecular complexity index is 1830. The van der Waals surface area contributed by atoms with E-state index >= 15 is 0 Å². The highest BCUT2D eigenvalue weighted by Gasteiger charge is 2.15. The van der Waals surface area contributed by atoms with E-state index in [4.69, 9.17) is 4.98 Å². The first-order chi connectivity index (χ1) is 17.4. The molecule has 0 amide bonds. The average molecular weight is 447 g/mol. The summed E-state index contributed by atoms with van der Waals surface area (Å²) < 4.78 is 2.30. The van der Waals surface area contributed by atoms with Gasteiger partial charge in [0, 0.05) is 16.3 Å². The molecule has 0 saturated heterocycles. The number of hydrogen-bond donors (Lipinski definition) is 0. The Labute approximate surface area is 203 Å². The number of benzene rings is 5. The molecule has 0 unspecified atom stereocenters. The molecule has 2 heterocycles. The van der Waals surface area contributed by atoms with Crippen LogP contribution in [0.5, 0.6) is 0 Å². The van der Waals surface area contributed by atoms with Gasteiger partial charge in [-0.2, -0.15) is 0 Å². The van der Waals surface area contributed by atoms with E-state index in [-0.39, 0.29) is 0 Å². The third kappa shape index (κ3) is 3.23. The lowest BCUT2D eigenvalue weighted by atomic mass is 9.97. The highest BCUT2D eigenvalue weighted by molar-refractivity contribution is 6.15. The molecule has 0 aliphatic rings. The van der Waals surface area contributed by atoms with Crippen LogP contribution in [0, 0.1) is 0 Å². The van der Waals surface area contributed by atoms with Crippen LogP contribution in [0.15, 0.2) is 133 Å². The highest BCUT2D eigenvalue weighted by Crippen LogP contribution is 2.37. The molecule has 2 heteroatoms. The van der Waals surface area contributed by atoms with Gasteiger partial charge in [0.1, 0.15) is 5.82 Å². The standard InChI is InChI=1S/C33H22N2/c1-3-11-23(12-4-1)26-17-9-15-25-21-29-27-16-7-8-19-31(27)35(32(29)22-28(25)26)33-20-10-18-30(34-33)24-13-5-2-6-14-24/h1-22H.